The van der Waals surface area contributed by atoms with Crippen molar-refractivity contribution in [1.82, 2.24) is 15.0 Å². The molecule has 7 nitrogen and oxygen atoms in total. The number of amides is 2. The Kier molecular flexibility index (Phi) is 4.07. The lowest BCUT2D eigenvalue weighted by Gasteiger charge is -2.30. The van der Waals surface area contributed by atoms with Crippen molar-refractivity contribution < 1.29 is 13.7 Å². The molecule has 7 heteroatoms. The van der Waals surface area contributed by atoms with Gasteiger partial charge in [0, 0.05) is 31.0 Å². The molecule has 1 saturated heterocycles. The van der Waals surface area contributed by atoms with Gasteiger partial charge >= 0.3 is 6.03 Å². The second-order valence-corrected chi connectivity index (χ2v) is 7.35. The number of rotatable bonds is 2. The monoisotopic (exact) mass is 366 g/mol. The number of anilines is 1. The van der Waals surface area contributed by atoms with Crippen LogP contribution in [0.5, 0.6) is 0 Å². The van der Waals surface area contributed by atoms with Crippen LogP contribution in [0.3, 0.4) is 0 Å². The number of nitrogens with one attached hydrogen (secondary N) is 1. The van der Waals surface area contributed by atoms with Crippen LogP contribution in [0, 0.1) is 0 Å². The summed E-state index contributed by atoms with van der Waals surface area (Å²) < 4.78 is 11.3. The van der Waals surface area contributed by atoms with Crippen LogP contribution in [0.1, 0.15) is 48.8 Å². The first-order valence-electron chi connectivity index (χ1n) is 9.67. The van der Waals surface area contributed by atoms with Gasteiger partial charge in [-0.15, -0.1) is 0 Å². The lowest BCUT2D eigenvalue weighted by atomic mass is 9.97. The van der Waals surface area contributed by atoms with Gasteiger partial charge in [0.25, 0.3) is 0 Å². The molecular formula is C20H22N4O3. The first-order chi connectivity index (χ1) is 13.3. The molecule has 3 aromatic rings. The molecule has 3 heterocycles. The van der Waals surface area contributed by atoms with Crippen LogP contribution in [-0.4, -0.2) is 34.2 Å². The predicted molar refractivity (Wildman–Crippen MR) is 99.7 cm³/mol. The summed E-state index contributed by atoms with van der Waals surface area (Å²) >= 11 is 0. The number of oxazole rings is 1. The van der Waals surface area contributed by atoms with E-state index in [0.717, 1.165) is 66.8 Å². The number of hydrogen-bond acceptors (Lipinski definition) is 5. The van der Waals surface area contributed by atoms with Gasteiger partial charge in [-0.3, -0.25) is 5.32 Å². The number of aromatic nitrogens is 2. The van der Waals surface area contributed by atoms with Crippen molar-refractivity contribution in [1.29, 1.82) is 0 Å². The molecule has 1 aromatic carbocycles. The Morgan fingerprint density at radius 1 is 1.15 bits per heavy atom. The van der Waals surface area contributed by atoms with Crippen LogP contribution in [-0.2, 0) is 12.8 Å². The Morgan fingerprint density at radius 3 is 2.81 bits per heavy atom. The Balaban J connectivity index is 1.22. The maximum atomic E-state index is 12.6. The van der Waals surface area contributed by atoms with E-state index in [1.54, 1.807) is 0 Å². The van der Waals surface area contributed by atoms with E-state index in [-0.39, 0.29) is 11.9 Å². The summed E-state index contributed by atoms with van der Waals surface area (Å²) in [5.41, 5.74) is 2.78. The number of fused-ring (bicyclic) bond motifs is 2. The minimum absolute atomic E-state index is 0.104. The number of benzene rings is 1. The third kappa shape index (κ3) is 3.07. The molecule has 1 fully saturated rings. The number of nitrogens with zero attached hydrogens (tertiary/aromatic N) is 3. The molecule has 0 bridgehead atoms. The molecule has 0 unspecified atom stereocenters. The average molecular weight is 366 g/mol. The van der Waals surface area contributed by atoms with E-state index in [4.69, 9.17) is 8.94 Å². The van der Waals surface area contributed by atoms with Crippen molar-refractivity contribution in [2.45, 2.75) is 44.4 Å². The van der Waals surface area contributed by atoms with Crippen LogP contribution < -0.4 is 5.32 Å². The van der Waals surface area contributed by atoms with Crippen molar-refractivity contribution in [3.63, 3.8) is 0 Å². The Hall–Kier alpha value is -2.83. The summed E-state index contributed by atoms with van der Waals surface area (Å²) in [6.07, 6.45) is 5.77. The zero-order valence-electron chi connectivity index (χ0n) is 15.1. The van der Waals surface area contributed by atoms with Gasteiger partial charge in [-0.05, 0) is 44.2 Å². The van der Waals surface area contributed by atoms with E-state index in [0.29, 0.717) is 18.9 Å². The molecule has 5 rings (SSSR count). The van der Waals surface area contributed by atoms with Crippen molar-refractivity contribution >= 4 is 22.9 Å². The van der Waals surface area contributed by atoms with Crippen molar-refractivity contribution in [3.05, 3.63) is 41.5 Å². The van der Waals surface area contributed by atoms with E-state index in [2.05, 4.69) is 15.5 Å². The van der Waals surface area contributed by atoms with Crippen molar-refractivity contribution in [2.24, 2.45) is 0 Å². The molecule has 27 heavy (non-hydrogen) atoms. The maximum absolute atomic E-state index is 12.6. The highest BCUT2D eigenvalue weighted by Crippen LogP contribution is 2.31. The normalized spacial score (nSPS) is 17.9. The van der Waals surface area contributed by atoms with E-state index >= 15 is 0 Å². The highest BCUT2D eigenvalue weighted by atomic mass is 16.5. The van der Waals surface area contributed by atoms with Gasteiger partial charge in [0.1, 0.15) is 11.3 Å². The van der Waals surface area contributed by atoms with Gasteiger partial charge in [0.15, 0.2) is 17.3 Å². The molecule has 2 aliphatic rings. The second kappa shape index (κ2) is 6.72. The summed E-state index contributed by atoms with van der Waals surface area (Å²) in [5.74, 6) is 2.55. The van der Waals surface area contributed by atoms with Crippen LogP contribution in [0.15, 0.2) is 33.2 Å². The molecule has 0 saturated carbocycles. The highest BCUT2D eigenvalue weighted by Gasteiger charge is 2.28. The number of hydrogen-bond donors (Lipinski definition) is 1. The fraction of sp³-hybridized carbons (Fsp3) is 0.450. The standard InChI is InChI=1S/C20H22N4O3/c25-20(22-18-14-5-1-3-7-16(14)27-23-18)24-11-9-13(10-12-24)19-21-15-6-2-4-8-17(15)26-19/h2,4,6,8,13H,1,3,5,7,9-12H2,(H,22,23,25). The Bertz CT molecular complexity index is 936. The lowest BCUT2D eigenvalue weighted by Crippen LogP contribution is -2.40. The van der Waals surface area contributed by atoms with Gasteiger partial charge in [0.2, 0.25) is 0 Å². The summed E-state index contributed by atoms with van der Waals surface area (Å²) in [7, 11) is 0. The van der Waals surface area contributed by atoms with Gasteiger partial charge < -0.3 is 13.8 Å². The van der Waals surface area contributed by atoms with E-state index in [1.807, 2.05) is 29.2 Å². The summed E-state index contributed by atoms with van der Waals surface area (Å²) in [4.78, 5) is 19.1. The molecule has 0 atom stereocenters. The molecule has 140 valence electrons. The molecule has 2 amide bonds. The number of para-hydroxylation sites is 2. The topological polar surface area (TPSA) is 84.4 Å². The number of urea groups is 1. The van der Waals surface area contributed by atoms with Crippen LogP contribution >= 0.6 is 0 Å². The van der Waals surface area contributed by atoms with Gasteiger partial charge in [-0.25, -0.2) is 9.78 Å². The van der Waals surface area contributed by atoms with Gasteiger partial charge in [-0.1, -0.05) is 17.3 Å². The Labute approximate surface area is 156 Å². The molecule has 1 aliphatic heterocycles. The van der Waals surface area contributed by atoms with Crippen LogP contribution in [0.2, 0.25) is 0 Å². The molecule has 2 aromatic heterocycles. The maximum Gasteiger partial charge on any atom is 0.323 e. The minimum Gasteiger partial charge on any atom is -0.440 e. The van der Waals surface area contributed by atoms with E-state index in [9.17, 15) is 4.79 Å². The molecule has 0 spiro atoms. The molecule has 1 N–H and O–H groups in total. The number of carbonyl (C=O) groups excluding carboxylic acids is 1. The smallest absolute Gasteiger partial charge is 0.323 e. The number of piperidine rings is 1. The molecule has 1 aliphatic carbocycles. The highest BCUT2D eigenvalue weighted by molar-refractivity contribution is 5.89. The van der Waals surface area contributed by atoms with E-state index in [1.165, 1.54) is 0 Å². The third-order valence-corrected chi connectivity index (χ3v) is 5.62. The molecular weight excluding hydrogens is 344 g/mol. The van der Waals surface area contributed by atoms with Crippen LogP contribution in [0.4, 0.5) is 10.6 Å². The first kappa shape index (κ1) is 16.4. The lowest BCUT2D eigenvalue weighted by molar-refractivity contribution is 0.190. The summed E-state index contributed by atoms with van der Waals surface area (Å²) in [5, 5.41) is 7.00. The molecule has 0 radical (unpaired) electrons. The largest absolute Gasteiger partial charge is 0.440 e. The number of likely N-dealkylation sites (tertiary alicyclic amines) is 1. The van der Waals surface area contributed by atoms with Crippen LogP contribution in [0.25, 0.3) is 11.1 Å². The number of aryl methyl sites for hydroxylation is 1. The Morgan fingerprint density at radius 2 is 1.96 bits per heavy atom. The zero-order valence-corrected chi connectivity index (χ0v) is 15.1. The summed E-state index contributed by atoms with van der Waals surface area (Å²) in [6, 6.07) is 7.71. The van der Waals surface area contributed by atoms with Crippen molar-refractivity contribution in [2.75, 3.05) is 18.4 Å². The second-order valence-electron chi connectivity index (χ2n) is 7.35. The first-order valence-corrected chi connectivity index (χ1v) is 9.67. The minimum atomic E-state index is -0.104. The zero-order chi connectivity index (χ0) is 18.2. The van der Waals surface area contributed by atoms with Gasteiger partial charge in [-0.2, -0.15) is 0 Å². The fourth-order valence-corrected chi connectivity index (χ4v) is 4.06. The van der Waals surface area contributed by atoms with Gasteiger partial charge in [0.05, 0.1) is 0 Å². The quantitative estimate of drug-likeness (QED) is 0.738. The van der Waals surface area contributed by atoms with E-state index < -0.39 is 0 Å². The summed E-state index contributed by atoms with van der Waals surface area (Å²) in [6.45, 7) is 1.35. The fourth-order valence-electron chi connectivity index (χ4n) is 4.06. The van der Waals surface area contributed by atoms with Crippen molar-refractivity contribution in [3.8, 4) is 0 Å². The third-order valence-electron chi connectivity index (χ3n) is 5.62. The number of carbonyl (C=O) groups is 1. The predicted octanol–water partition coefficient (Wildman–Crippen LogP) is 4.11. The SMILES string of the molecule is O=C(Nc1noc2c1CCCC2)N1CCC(c2nc3ccccc3o2)CC1. The average Bonchev–Trinajstić information content (AvgIpc) is 3.32.